The van der Waals surface area contributed by atoms with E-state index in [1.165, 1.54) is 18.3 Å². The van der Waals surface area contributed by atoms with Crippen LogP contribution in [0.15, 0.2) is 47.2 Å². The monoisotopic (exact) mass is 358 g/mol. The largest absolute Gasteiger partial charge is 0.479 e. The van der Waals surface area contributed by atoms with Crippen molar-refractivity contribution in [3.63, 3.8) is 0 Å². The standard InChI is InChI=1S/C19H16F2N2O3/c20-16-9-12(10-17(21)18(16)24-11-14-6-8-23-26-14)15-5-2-7-22-19(15)25-13-3-1-4-13/h2,5-10,13H,1,3-4,11H2. The van der Waals surface area contributed by atoms with Crippen LogP contribution >= 0.6 is 0 Å². The molecule has 2 heterocycles. The van der Waals surface area contributed by atoms with E-state index in [1.807, 2.05) is 0 Å². The maximum Gasteiger partial charge on any atom is 0.221 e. The molecule has 0 N–H and O–H groups in total. The van der Waals surface area contributed by atoms with E-state index in [0.29, 0.717) is 22.8 Å². The third-order valence-electron chi connectivity index (χ3n) is 4.26. The first-order valence-electron chi connectivity index (χ1n) is 8.34. The van der Waals surface area contributed by atoms with Crippen LogP contribution in [0.1, 0.15) is 25.0 Å². The fourth-order valence-electron chi connectivity index (χ4n) is 2.66. The Kier molecular flexibility index (Phi) is 4.51. The molecule has 7 heteroatoms. The summed E-state index contributed by atoms with van der Waals surface area (Å²) in [6.07, 6.45) is 6.19. The molecule has 0 bridgehead atoms. The summed E-state index contributed by atoms with van der Waals surface area (Å²) in [5, 5.41) is 3.51. The van der Waals surface area contributed by atoms with Crippen molar-refractivity contribution in [3.8, 4) is 22.8 Å². The van der Waals surface area contributed by atoms with Gasteiger partial charge in [-0.3, -0.25) is 0 Å². The van der Waals surface area contributed by atoms with E-state index < -0.39 is 17.4 Å². The molecule has 5 nitrogen and oxygen atoms in total. The molecular weight excluding hydrogens is 342 g/mol. The van der Waals surface area contributed by atoms with Gasteiger partial charge >= 0.3 is 0 Å². The molecule has 3 aromatic rings. The number of rotatable bonds is 6. The second-order valence-corrected chi connectivity index (χ2v) is 6.06. The molecule has 2 aromatic heterocycles. The number of halogens is 2. The van der Waals surface area contributed by atoms with E-state index in [0.717, 1.165) is 19.3 Å². The number of aromatic nitrogens is 2. The van der Waals surface area contributed by atoms with Crippen LogP contribution < -0.4 is 9.47 Å². The molecule has 134 valence electrons. The highest BCUT2D eigenvalue weighted by Gasteiger charge is 2.22. The van der Waals surface area contributed by atoms with Crippen LogP contribution in [0.25, 0.3) is 11.1 Å². The molecular formula is C19H16F2N2O3. The van der Waals surface area contributed by atoms with Gasteiger partial charge in [-0.25, -0.2) is 13.8 Å². The zero-order chi connectivity index (χ0) is 17.9. The molecule has 0 spiro atoms. The molecule has 1 aromatic carbocycles. The lowest BCUT2D eigenvalue weighted by molar-refractivity contribution is 0.115. The van der Waals surface area contributed by atoms with Crippen LogP contribution in [0.5, 0.6) is 11.6 Å². The molecule has 0 unspecified atom stereocenters. The number of pyridine rings is 1. The molecule has 1 aliphatic rings. The van der Waals surface area contributed by atoms with Crippen molar-refractivity contribution in [2.75, 3.05) is 0 Å². The van der Waals surface area contributed by atoms with Crippen molar-refractivity contribution in [2.24, 2.45) is 0 Å². The van der Waals surface area contributed by atoms with Crippen LogP contribution in [0.3, 0.4) is 0 Å². The summed E-state index contributed by atoms with van der Waals surface area (Å²) < 4.78 is 44.7. The molecule has 0 atom stereocenters. The van der Waals surface area contributed by atoms with Crippen LogP contribution in [-0.2, 0) is 6.61 Å². The van der Waals surface area contributed by atoms with E-state index >= 15 is 0 Å². The summed E-state index contributed by atoms with van der Waals surface area (Å²) in [5.41, 5.74) is 0.883. The fourth-order valence-corrected chi connectivity index (χ4v) is 2.66. The van der Waals surface area contributed by atoms with Gasteiger partial charge in [0.2, 0.25) is 5.88 Å². The Hall–Kier alpha value is -2.96. The predicted molar refractivity (Wildman–Crippen MR) is 88.7 cm³/mol. The summed E-state index contributed by atoms with van der Waals surface area (Å²) in [6, 6.07) is 7.41. The minimum absolute atomic E-state index is 0.114. The van der Waals surface area contributed by atoms with Crippen molar-refractivity contribution in [1.29, 1.82) is 0 Å². The zero-order valence-electron chi connectivity index (χ0n) is 13.8. The Morgan fingerprint density at radius 2 is 1.92 bits per heavy atom. The third kappa shape index (κ3) is 3.37. The lowest BCUT2D eigenvalue weighted by atomic mass is 9.96. The van der Waals surface area contributed by atoms with Gasteiger partial charge in [-0.15, -0.1) is 0 Å². The number of hydrogen-bond acceptors (Lipinski definition) is 5. The predicted octanol–water partition coefficient (Wildman–Crippen LogP) is 4.53. The Bertz CT molecular complexity index is 873. The number of nitrogens with zero attached hydrogens (tertiary/aromatic N) is 2. The van der Waals surface area contributed by atoms with E-state index in [-0.39, 0.29) is 12.7 Å². The van der Waals surface area contributed by atoms with Crippen molar-refractivity contribution in [1.82, 2.24) is 10.1 Å². The molecule has 1 saturated carbocycles. The van der Waals surface area contributed by atoms with Gasteiger partial charge < -0.3 is 14.0 Å². The second kappa shape index (κ2) is 7.11. The van der Waals surface area contributed by atoms with Gasteiger partial charge in [-0.2, -0.15) is 0 Å². The summed E-state index contributed by atoms with van der Waals surface area (Å²) in [4.78, 5) is 4.21. The molecule has 26 heavy (non-hydrogen) atoms. The summed E-state index contributed by atoms with van der Waals surface area (Å²) in [7, 11) is 0. The first-order chi connectivity index (χ1) is 12.7. The highest BCUT2D eigenvalue weighted by Crippen LogP contribution is 2.35. The van der Waals surface area contributed by atoms with Crippen molar-refractivity contribution < 1.29 is 22.8 Å². The summed E-state index contributed by atoms with van der Waals surface area (Å²) in [6.45, 7) is -0.115. The SMILES string of the molecule is Fc1cc(-c2cccnc2OC2CCC2)cc(F)c1OCc1ccno1. The summed E-state index contributed by atoms with van der Waals surface area (Å²) in [5.74, 6) is -1.32. The van der Waals surface area contributed by atoms with Gasteiger partial charge in [0.25, 0.3) is 0 Å². The maximum atomic E-state index is 14.4. The molecule has 1 aliphatic carbocycles. The minimum Gasteiger partial charge on any atom is -0.479 e. The Morgan fingerprint density at radius 3 is 2.58 bits per heavy atom. The van der Waals surface area contributed by atoms with Crippen LogP contribution in [0.4, 0.5) is 8.78 Å². The molecule has 0 aliphatic heterocycles. The first-order valence-corrected chi connectivity index (χ1v) is 8.34. The van der Waals surface area contributed by atoms with Crippen LogP contribution in [-0.4, -0.2) is 16.2 Å². The minimum atomic E-state index is -0.807. The highest BCUT2D eigenvalue weighted by atomic mass is 19.1. The van der Waals surface area contributed by atoms with E-state index in [2.05, 4.69) is 10.1 Å². The van der Waals surface area contributed by atoms with Gasteiger partial charge in [-0.05, 0) is 49.1 Å². The lowest BCUT2D eigenvalue weighted by Crippen LogP contribution is -2.25. The average Bonchev–Trinajstić information content (AvgIpc) is 3.11. The third-order valence-corrected chi connectivity index (χ3v) is 4.26. The molecule has 4 rings (SSSR count). The Labute approximate surface area is 148 Å². The zero-order valence-corrected chi connectivity index (χ0v) is 13.8. The van der Waals surface area contributed by atoms with Gasteiger partial charge in [-0.1, -0.05) is 5.16 Å². The molecule has 1 fully saturated rings. The van der Waals surface area contributed by atoms with E-state index in [9.17, 15) is 8.78 Å². The molecule has 0 radical (unpaired) electrons. The summed E-state index contributed by atoms with van der Waals surface area (Å²) >= 11 is 0. The van der Waals surface area contributed by atoms with Gasteiger partial charge in [0.1, 0.15) is 12.7 Å². The van der Waals surface area contributed by atoms with Gasteiger partial charge in [0.05, 0.1) is 6.20 Å². The normalized spacial score (nSPS) is 14.1. The lowest BCUT2D eigenvalue weighted by Gasteiger charge is -2.26. The second-order valence-electron chi connectivity index (χ2n) is 6.06. The first kappa shape index (κ1) is 16.5. The Balaban J connectivity index is 1.59. The van der Waals surface area contributed by atoms with Crippen LogP contribution in [0.2, 0.25) is 0 Å². The number of hydrogen-bond donors (Lipinski definition) is 0. The quantitative estimate of drug-likeness (QED) is 0.648. The molecule has 0 saturated heterocycles. The van der Waals surface area contributed by atoms with E-state index in [4.69, 9.17) is 14.0 Å². The van der Waals surface area contributed by atoms with Crippen molar-refractivity contribution in [3.05, 3.63) is 60.1 Å². The van der Waals surface area contributed by atoms with Crippen molar-refractivity contribution >= 4 is 0 Å². The maximum absolute atomic E-state index is 14.4. The topological polar surface area (TPSA) is 57.4 Å². The number of benzene rings is 1. The molecule has 0 amide bonds. The van der Waals surface area contributed by atoms with Crippen molar-refractivity contribution in [2.45, 2.75) is 32.0 Å². The highest BCUT2D eigenvalue weighted by molar-refractivity contribution is 5.69. The van der Waals surface area contributed by atoms with Crippen LogP contribution in [0, 0.1) is 11.6 Å². The van der Waals surface area contributed by atoms with Gasteiger partial charge in [0, 0.05) is 17.8 Å². The smallest absolute Gasteiger partial charge is 0.221 e. The van der Waals surface area contributed by atoms with E-state index in [1.54, 1.807) is 24.4 Å². The number of ether oxygens (including phenoxy) is 2. The average molecular weight is 358 g/mol. The van der Waals surface area contributed by atoms with Gasteiger partial charge in [0.15, 0.2) is 23.1 Å². The Morgan fingerprint density at radius 1 is 1.12 bits per heavy atom. The fraction of sp³-hybridized carbons (Fsp3) is 0.263.